The molecule has 0 aliphatic carbocycles. The van der Waals surface area contributed by atoms with Crippen LogP contribution in [0.1, 0.15) is 32.3 Å². The van der Waals surface area contributed by atoms with Crippen molar-refractivity contribution in [2.75, 3.05) is 13.1 Å². The third-order valence-corrected chi connectivity index (χ3v) is 3.76. The van der Waals surface area contributed by atoms with Gasteiger partial charge in [-0.05, 0) is 49.1 Å². The molecule has 100 valence electrons. The van der Waals surface area contributed by atoms with Crippen LogP contribution in [-0.2, 0) is 6.42 Å². The molecule has 3 heteroatoms. The number of hydrogen-bond donors (Lipinski definition) is 1. The van der Waals surface area contributed by atoms with E-state index >= 15 is 0 Å². The second kappa shape index (κ2) is 6.58. The molecule has 0 fully saturated rings. The standard InChI is InChI=1S/C15H22BrNO/c1-11(2)4-3-7-17-10-14-9-12-8-13(16)5-6-15(12)18-14/h5-6,8,11,14,17H,3-4,7,9-10H2,1-2H3. The van der Waals surface area contributed by atoms with Gasteiger partial charge in [-0.3, -0.25) is 0 Å². The van der Waals surface area contributed by atoms with Crippen molar-refractivity contribution in [3.8, 4) is 5.75 Å². The summed E-state index contributed by atoms with van der Waals surface area (Å²) in [6.45, 7) is 6.59. The average molecular weight is 312 g/mol. The van der Waals surface area contributed by atoms with Gasteiger partial charge in [0, 0.05) is 17.4 Å². The van der Waals surface area contributed by atoms with Gasteiger partial charge in [-0.1, -0.05) is 29.8 Å². The molecule has 1 aliphatic heterocycles. The van der Waals surface area contributed by atoms with Crippen LogP contribution >= 0.6 is 15.9 Å². The topological polar surface area (TPSA) is 21.3 Å². The quantitative estimate of drug-likeness (QED) is 0.807. The van der Waals surface area contributed by atoms with Crippen LogP contribution < -0.4 is 10.1 Å². The number of rotatable bonds is 6. The summed E-state index contributed by atoms with van der Waals surface area (Å²) >= 11 is 3.50. The summed E-state index contributed by atoms with van der Waals surface area (Å²) in [6.07, 6.45) is 3.87. The molecular formula is C15H22BrNO. The lowest BCUT2D eigenvalue weighted by molar-refractivity contribution is 0.227. The van der Waals surface area contributed by atoms with Gasteiger partial charge in [0.15, 0.2) is 0 Å². The molecule has 0 spiro atoms. The first-order valence-corrected chi connectivity index (χ1v) is 7.60. The molecule has 1 aromatic carbocycles. The first-order valence-electron chi connectivity index (χ1n) is 6.81. The number of ether oxygens (including phenoxy) is 1. The largest absolute Gasteiger partial charge is 0.488 e. The predicted octanol–water partition coefficient (Wildman–Crippen LogP) is 3.78. The fraction of sp³-hybridized carbons (Fsp3) is 0.600. The average Bonchev–Trinajstić information content (AvgIpc) is 2.70. The van der Waals surface area contributed by atoms with Gasteiger partial charge in [-0.25, -0.2) is 0 Å². The molecule has 1 N–H and O–H groups in total. The first kappa shape index (κ1) is 13.9. The van der Waals surface area contributed by atoms with E-state index < -0.39 is 0 Å². The maximum Gasteiger partial charge on any atom is 0.123 e. The van der Waals surface area contributed by atoms with Gasteiger partial charge < -0.3 is 10.1 Å². The Hall–Kier alpha value is -0.540. The van der Waals surface area contributed by atoms with Gasteiger partial charge in [0.2, 0.25) is 0 Å². The Morgan fingerprint density at radius 3 is 3.06 bits per heavy atom. The van der Waals surface area contributed by atoms with Crippen molar-refractivity contribution in [2.24, 2.45) is 5.92 Å². The molecule has 1 heterocycles. The van der Waals surface area contributed by atoms with E-state index in [2.05, 4.69) is 47.2 Å². The van der Waals surface area contributed by atoms with Crippen molar-refractivity contribution in [2.45, 2.75) is 39.2 Å². The smallest absolute Gasteiger partial charge is 0.123 e. The zero-order valence-corrected chi connectivity index (χ0v) is 12.8. The normalized spacial score (nSPS) is 17.9. The Balaban J connectivity index is 1.68. The number of halogens is 1. The summed E-state index contributed by atoms with van der Waals surface area (Å²) in [5, 5.41) is 3.50. The minimum atomic E-state index is 0.299. The van der Waals surface area contributed by atoms with E-state index in [1.165, 1.54) is 18.4 Å². The minimum absolute atomic E-state index is 0.299. The molecule has 1 aliphatic rings. The van der Waals surface area contributed by atoms with Gasteiger partial charge >= 0.3 is 0 Å². The Morgan fingerprint density at radius 2 is 2.28 bits per heavy atom. The maximum atomic E-state index is 5.91. The molecule has 2 rings (SSSR count). The maximum absolute atomic E-state index is 5.91. The van der Waals surface area contributed by atoms with Crippen molar-refractivity contribution >= 4 is 15.9 Å². The van der Waals surface area contributed by atoms with E-state index in [-0.39, 0.29) is 0 Å². The van der Waals surface area contributed by atoms with Gasteiger partial charge in [0.1, 0.15) is 11.9 Å². The lowest BCUT2D eigenvalue weighted by atomic mass is 10.1. The van der Waals surface area contributed by atoms with Gasteiger partial charge in [-0.2, -0.15) is 0 Å². The van der Waals surface area contributed by atoms with E-state index in [0.29, 0.717) is 6.10 Å². The van der Waals surface area contributed by atoms with Crippen LogP contribution in [0.2, 0.25) is 0 Å². The van der Waals surface area contributed by atoms with Crippen molar-refractivity contribution < 1.29 is 4.74 Å². The van der Waals surface area contributed by atoms with Crippen molar-refractivity contribution in [1.82, 2.24) is 5.32 Å². The highest BCUT2D eigenvalue weighted by atomic mass is 79.9. The monoisotopic (exact) mass is 311 g/mol. The number of nitrogens with one attached hydrogen (secondary N) is 1. The van der Waals surface area contributed by atoms with E-state index in [0.717, 1.165) is 35.7 Å². The molecule has 1 atom stereocenters. The van der Waals surface area contributed by atoms with Crippen LogP contribution in [-0.4, -0.2) is 19.2 Å². The molecule has 0 amide bonds. The summed E-state index contributed by atoms with van der Waals surface area (Å²) in [5.41, 5.74) is 1.32. The highest BCUT2D eigenvalue weighted by molar-refractivity contribution is 9.10. The van der Waals surface area contributed by atoms with Crippen LogP contribution in [0, 0.1) is 5.92 Å². The van der Waals surface area contributed by atoms with Crippen molar-refractivity contribution in [3.05, 3.63) is 28.2 Å². The van der Waals surface area contributed by atoms with Gasteiger partial charge in [-0.15, -0.1) is 0 Å². The first-order chi connectivity index (χ1) is 8.65. The van der Waals surface area contributed by atoms with Crippen LogP contribution in [0.25, 0.3) is 0 Å². The fourth-order valence-corrected chi connectivity index (χ4v) is 2.71. The Labute approximate surface area is 118 Å². The fourth-order valence-electron chi connectivity index (χ4n) is 2.30. The molecule has 1 unspecified atom stereocenters. The zero-order valence-electron chi connectivity index (χ0n) is 11.2. The molecule has 0 saturated carbocycles. The zero-order chi connectivity index (χ0) is 13.0. The lowest BCUT2D eigenvalue weighted by Crippen LogP contribution is -2.30. The highest BCUT2D eigenvalue weighted by Crippen LogP contribution is 2.30. The van der Waals surface area contributed by atoms with Crippen LogP contribution in [0.4, 0.5) is 0 Å². The van der Waals surface area contributed by atoms with E-state index in [1.54, 1.807) is 0 Å². The second-order valence-corrected chi connectivity index (χ2v) is 6.35. The van der Waals surface area contributed by atoms with Gasteiger partial charge in [0.25, 0.3) is 0 Å². The summed E-state index contributed by atoms with van der Waals surface area (Å²) in [5.74, 6) is 1.85. The second-order valence-electron chi connectivity index (χ2n) is 5.44. The molecule has 0 radical (unpaired) electrons. The Morgan fingerprint density at radius 1 is 1.44 bits per heavy atom. The van der Waals surface area contributed by atoms with Gasteiger partial charge in [0.05, 0.1) is 0 Å². The third kappa shape index (κ3) is 3.99. The molecule has 18 heavy (non-hydrogen) atoms. The highest BCUT2D eigenvalue weighted by Gasteiger charge is 2.22. The molecular weight excluding hydrogens is 290 g/mol. The molecule has 0 aromatic heterocycles. The van der Waals surface area contributed by atoms with E-state index in [4.69, 9.17) is 4.74 Å². The predicted molar refractivity (Wildman–Crippen MR) is 79.2 cm³/mol. The number of fused-ring (bicyclic) bond motifs is 1. The summed E-state index contributed by atoms with van der Waals surface area (Å²) in [7, 11) is 0. The van der Waals surface area contributed by atoms with Crippen LogP contribution in [0.3, 0.4) is 0 Å². The van der Waals surface area contributed by atoms with Crippen molar-refractivity contribution in [1.29, 1.82) is 0 Å². The van der Waals surface area contributed by atoms with Crippen LogP contribution in [0.15, 0.2) is 22.7 Å². The molecule has 1 aromatic rings. The SMILES string of the molecule is CC(C)CCCNCC1Cc2cc(Br)ccc2O1. The third-order valence-electron chi connectivity index (χ3n) is 3.27. The summed E-state index contributed by atoms with van der Waals surface area (Å²) in [4.78, 5) is 0. The Bertz CT molecular complexity index is 392. The van der Waals surface area contributed by atoms with E-state index in [1.807, 2.05) is 6.07 Å². The molecule has 0 saturated heterocycles. The molecule has 0 bridgehead atoms. The summed E-state index contributed by atoms with van der Waals surface area (Å²) < 4.78 is 7.04. The summed E-state index contributed by atoms with van der Waals surface area (Å²) in [6, 6.07) is 6.25. The minimum Gasteiger partial charge on any atom is -0.488 e. The molecule has 2 nitrogen and oxygen atoms in total. The van der Waals surface area contributed by atoms with Crippen LogP contribution in [0.5, 0.6) is 5.75 Å². The number of benzene rings is 1. The van der Waals surface area contributed by atoms with E-state index in [9.17, 15) is 0 Å². The Kier molecular flexibility index (Phi) is 5.07. The lowest BCUT2D eigenvalue weighted by Gasteiger charge is -2.12. The number of hydrogen-bond acceptors (Lipinski definition) is 2. The van der Waals surface area contributed by atoms with Crippen molar-refractivity contribution in [3.63, 3.8) is 0 Å².